The van der Waals surface area contributed by atoms with Crippen LogP contribution in [0.15, 0.2) is 6.20 Å². The molecule has 16 heavy (non-hydrogen) atoms. The fourth-order valence-corrected chi connectivity index (χ4v) is 1.45. The predicted octanol–water partition coefficient (Wildman–Crippen LogP) is 1.20. The number of amides is 1. The van der Waals surface area contributed by atoms with Crippen molar-refractivity contribution >= 4 is 11.7 Å². The van der Waals surface area contributed by atoms with Crippen molar-refractivity contribution in [3.05, 3.63) is 11.8 Å². The molecule has 0 saturated heterocycles. The van der Waals surface area contributed by atoms with Crippen LogP contribution in [-0.2, 0) is 18.4 Å². The molecule has 0 aliphatic rings. The van der Waals surface area contributed by atoms with Crippen LogP contribution in [0, 0.1) is 0 Å². The number of aromatic nitrogens is 2. The number of anilines is 1. The molecule has 5 nitrogen and oxygen atoms in total. The molecule has 1 aromatic heterocycles. The molecule has 0 aliphatic heterocycles. The first kappa shape index (κ1) is 12.5. The van der Waals surface area contributed by atoms with Gasteiger partial charge >= 0.3 is 0 Å². The van der Waals surface area contributed by atoms with Gasteiger partial charge in [-0.1, -0.05) is 19.8 Å². The molecule has 0 unspecified atom stereocenters. The Balaban J connectivity index is 2.29. The van der Waals surface area contributed by atoms with Gasteiger partial charge in [-0.05, 0) is 6.42 Å². The number of hydrogen-bond acceptors (Lipinski definition) is 3. The molecule has 0 saturated carbocycles. The van der Waals surface area contributed by atoms with Crippen LogP contribution in [0.1, 0.15) is 38.2 Å². The number of nitrogens with one attached hydrogen (secondary N) is 1. The van der Waals surface area contributed by atoms with Crippen LogP contribution in [0.5, 0.6) is 0 Å². The Hall–Kier alpha value is -1.52. The quantitative estimate of drug-likeness (QED) is 0.713. The molecule has 0 aromatic carbocycles. The molecular formula is C11H20N4O. The summed E-state index contributed by atoms with van der Waals surface area (Å²) in [6, 6.07) is 0. The summed E-state index contributed by atoms with van der Waals surface area (Å²) < 4.78 is 1.60. The number of nitrogen functional groups attached to an aromatic ring is 1. The number of unbranched alkanes of at least 4 members (excludes halogenated alkanes) is 2. The SMILES string of the molecule is CCCCCC(=O)NCc1cnn(C)c1N. The second kappa shape index (κ2) is 6.15. The summed E-state index contributed by atoms with van der Waals surface area (Å²) in [5, 5.41) is 6.85. The summed E-state index contributed by atoms with van der Waals surface area (Å²) in [7, 11) is 1.78. The third-order valence-corrected chi connectivity index (χ3v) is 2.55. The zero-order chi connectivity index (χ0) is 12.0. The normalized spacial score (nSPS) is 10.4. The number of carbonyl (C=O) groups excluding carboxylic acids is 1. The van der Waals surface area contributed by atoms with Crippen LogP contribution in [0.4, 0.5) is 5.82 Å². The van der Waals surface area contributed by atoms with E-state index in [2.05, 4.69) is 17.3 Å². The highest BCUT2D eigenvalue weighted by molar-refractivity contribution is 5.75. The zero-order valence-corrected chi connectivity index (χ0v) is 9.99. The molecule has 1 aromatic rings. The molecule has 0 spiro atoms. The molecule has 90 valence electrons. The maximum absolute atomic E-state index is 11.4. The molecule has 0 atom stereocenters. The molecule has 5 heteroatoms. The molecular weight excluding hydrogens is 204 g/mol. The minimum Gasteiger partial charge on any atom is -0.384 e. The third kappa shape index (κ3) is 3.56. The molecule has 0 aliphatic carbocycles. The number of rotatable bonds is 6. The van der Waals surface area contributed by atoms with Gasteiger partial charge in [-0.2, -0.15) is 5.10 Å². The number of nitrogens with zero attached hydrogens (tertiary/aromatic N) is 2. The molecule has 3 N–H and O–H groups in total. The maximum atomic E-state index is 11.4. The average molecular weight is 224 g/mol. The van der Waals surface area contributed by atoms with Gasteiger partial charge in [0, 0.05) is 25.6 Å². The van der Waals surface area contributed by atoms with Crippen LogP contribution in [-0.4, -0.2) is 15.7 Å². The second-order valence-corrected chi connectivity index (χ2v) is 3.91. The Morgan fingerprint density at radius 3 is 2.88 bits per heavy atom. The molecule has 0 fully saturated rings. The smallest absolute Gasteiger partial charge is 0.220 e. The van der Waals surface area contributed by atoms with Gasteiger partial charge in [-0.25, -0.2) is 0 Å². The van der Waals surface area contributed by atoms with Crippen LogP contribution >= 0.6 is 0 Å². The van der Waals surface area contributed by atoms with Gasteiger partial charge in [0.25, 0.3) is 0 Å². The van der Waals surface area contributed by atoms with Crippen molar-refractivity contribution in [1.29, 1.82) is 0 Å². The molecule has 1 heterocycles. The summed E-state index contributed by atoms with van der Waals surface area (Å²) in [6.07, 6.45) is 5.45. The Kier molecular flexibility index (Phi) is 4.82. The van der Waals surface area contributed by atoms with Crippen LogP contribution < -0.4 is 11.1 Å². The van der Waals surface area contributed by atoms with Crippen molar-refractivity contribution in [2.45, 2.75) is 39.2 Å². The molecule has 0 bridgehead atoms. The van der Waals surface area contributed by atoms with E-state index >= 15 is 0 Å². The summed E-state index contributed by atoms with van der Waals surface area (Å²) >= 11 is 0. The van der Waals surface area contributed by atoms with Gasteiger partial charge in [0.1, 0.15) is 5.82 Å². The monoisotopic (exact) mass is 224 g/mol. The first-order valence-electron chi connectivity index (χ1n) is 5.68. The zero-order valence-electron chi connectivity index (χ0n) is 9.99. The lowest BCUT2D eigenvalue weighted by Gasteiger charge is -2.04. The van der Waals surface area contributed by atoms with Crippen molar-refractivity contribution in [3.63, 3.8) is 0 Å². The largest absolute Gasteiger partial charge is 0.384 e. The van der Waals surface area contributed by atoms with E-state index in [4.69, 9.17) is 5.73 Å². The van der Waals surface area contributed by atoms with Crippen LogP contribution in [0.25, 0.3) is 0 Å². The lowest BCUT2D eigenvalue weighted by Crippen LogP contribution is -2.22. The number of aryl methyl sites for hydroxylation is 1. The first-order valence-corrected chi connectivity index (χ1v) is 5.68. The standard InChI is InChI=1S/C11H20N4O/c1-3-4-5-6-10(16)13-7-9-8-14-15(2)11(9)12/h8H,3-7,12H2,1-2H3,(H,13,16). The minimum atomic E-state index is 0.0803. The highest BCUT2D eigenvalue weighted by Crippen LogP contribution is 2.08. The van der Waals surface area contributed by atoms with Crippen molar-refractivity contribution < 1.29 is 4.79 Å². The van der Waals surface area contributed by atoms with Gasteiger partial charge in [0.2, 0.25) is 5.91 Å². The lowest BCUT2D eigenvalue weighted by molar-refractivity contribution is -0.121. The summed E-state index contributed by atoms with van der Waals surface area (Å²) in [6.45, 7) is 2.58. The van der Waals surface area contributed by atoms with E-state index in [-0.39, 0.29) is 5.91 Å². The third-order valence-electron chi connectivity index (χ3n) is 2.55. The second-order valence-electron chi connectivity index (χ2n) is 3.91. The van der Waals surface area contributed by atoms with Crippen LogP contribution in [0.3, 0.4) is 0 Å². The number of carbonyl (C=O) groups is 1. The highest BCUT2D eigenvalue weighted by Gasteiger charge is 2.06. The maximum Gasteiger partial charge on any atom is 0.220 e. The van der Waals surface area contributed by atoms with Crippen molar-refractivity contribution in [1.82, 2.24) is 15.1 Å². The van der Waals surface area contributed by atoms with E-state index in [0.29, 0.717) is 18.8 Å². The highest BCUT2D eigenvalue weighted by atomic mass is 16.1. The van der Waals surface area contributed by atoms with Gasteiger partial charge < -0.3 is 11.1 Å². The van der Waals surface area contributed by atoms with E-state index in [1.165, 1.54) is 0 Å². The fourth-order valence-electron chi connectivity index (χ4n) is 1.45. The average Bonchev–Trinajstić information content (AvgIpc) is 2.58. The fraction of sp³-hybridized carbons (Fsp3) is 0.636. The van der Waals surface area contributed by atoms with E-state index < -0.39 is 0 Å². The summed E-state index contributed by atoms with van der Waals surface area (Å²) in [5.74, 6) is 0.686. The first-order chi connectivity index (χ1) is 7.65. The van der Waals surface area contributed by atoms with Crippen molar-refractivity contribution in [3.8, 4) is 0 Å². The predicted molar refractivity (Wildman–Crippen MR) is 63.6 cm³/mol. The van der Waals surface area contributed by atoms with Crippen molar-refractivity contribution in [2.75, 3.05) is 5.73 Å². The van der Waals surface area contributed by atoms with E-state index in [1.54, 1.807) is 17.9 Å². The Bertz CT molecular complexity index is 346. The number of nitrogens with two attached hydrogens (primary N) is 1. The van der Waals surface area contributed by atoms with Gasteiger partial charge in [0.05, 0.1) is 6.20 Å². The molecule has 0 radical (unpaired) electrons. The minimum absolute atomic E-state index is 0.0803. The van der Waals surface area contributed by atoms with Crippen LogP contribution in [0.2, 0.25) is 0 Å². The molecule has 1 rings (SSSR count). The Labute approximate surface area is 96.0 Å². The summed E-state index contributed by atoms with van der Waals surface area (Å²) in [4.78, 5) is 11.4. The van der Waals surface area contributed by atoms with Gasteiger partial charge in [-0.3, -0.25) is 9.48 Å². The van der Waals surface area contributed by atoms with Gasteiger partial charge in [0.15, 0.2) is 0 Å². The van der Waals surface area contributed by atoms with E-state index in [0.717, 1.165) is 24.8 Å². The Morgan fingerprint density at radius 1 is 1.56 bits per heavy atom. The number of hydrogen-bond donors (Lipinski definition) is 2. The summed E-state index contributed by atoms with van der Waals surface area (Å²) in [5.41, 5.74) is 6.63. The topological polar surface area (TPSA) is 72.9 Å². The van der Waals surface area contributed by atoms with E-state index in [1.807, 2.05) is 0 Å². The molecule has 1 amide bonds. The lowest BCUT2D eigenvalue weighted by atomic mass is 10.2. The van der Waals surface area contributed by atoms with Gasteiger partial charge in [-0.15, -0.1) is 0 Å². The Morgan fingerprint density at radius 2 is 2.31 bits per heavy atom. The van der Waals surface area contributed by atoms with Crippen molar-refractivity contribution in [2.24, 2.45) is 7.05 Å². The van der Waals surface area contributed by atoms with E-state index in [9.17, 15) is 4.79 Å².